The molecule has 0 bridgehead atoms. The van der Waals surface area contributed by atoms with E-state index in [1.54, 1.807) is 23.1 Å². The van der Waals surface area contributed by atoms with E-state index in [1.165, 1.54) is 18.4 Å². The molecular formula is C22H28N4O3S. The van der Waals surface area contributed by atoms with Gasteiger partial charge in [0.05, 0.1) is 22.0 Å². The van der Waals surface area contributed by atoms with Crippen molar-refractivity contribution in [1.82, 2.24) is 18.8 Å². The molecule has 1 atom stereocenters. The van der Waals surface area contributed by atoms with Gasteiger partial charge in [0, 0.05) is 41.0 Å². The van der Waals surface area contributed by atoms with E-state index in [-0.39, 0.29) is 16.8 Å². The number of aryl methyl sites for hydroxylation is 2. The Hall–Kier alpha value is -2.71. The molecule has 0 radical (unpaired) electrons. The zero-order valence-electron chi connectivity index (χ0n) is 18.0. The Morgan fingerprint density at radius 1 is 1.10 bits per heavy atom. The summed E-state index contributed by atoms with van der Waals surface area (Å²) in [5, 5.41) is 0. The highest BCUT2D eigenvalue weighted by Crippen LogP contribution is 2.23. The molecule has 30 heavy (non-hydrogen) atoms. The lowest BCUT2D eigenvalue weighted by atomic mass is 10.1. The van der Waals surface area contributed by atoms with Crippen LogP contribution in [-0.4, -0.2) is 54.2 Å². The second kappa shape index (κ2) is 8.57. The van der Waals surface area contributed by atoms with Crippen molar-refractivity contribution in [2.45, 2.75) is 30.7 Å². The first kappa shape index (κ1) is 22.0. The van der Waals surface area contributed by atoms with Crippen molar-refractivity contribution in [1.29, 1.82) is 0 Å². The first-order chi connectivity index (χ1) is 14.1. The van der Waals surface area contributed by atoms with Gasteiger partial charge in [-0.15, -0.1) is 0 Å². The lowest BCUT2D eigenvalue weighted by molar-refractivity contribution is -0.131. The van der Waals surface area contributed by atoms with Crippen molar-refractivity contribution in [2.75, 3.05) is 21.1 Å². The van der Waals surface area contributed by atoms with Crippen LogP contribution in [0.5, 0.6) is 0 Å². The molecule has 1 amide bonds. The largest absolute Gasteiger partial charge is 0.339 e. The molecule has 0 spiro atoms. The number of amides is 1. The predicted octanol–water partition coefficient (Wildman–Crippen LogP) is 2.98. The summed E-state index contributed by atoms with van der Waals surface area (Å²) in [7, 11) is 3.18. The van der Waals surface area contributed by atoms with Crippen LogP contribution in [-0.2, 0) is 28.3 Å². The smallest absolute Gasteiger partial charge is 0.242 e. The Balaban J connectivity index is 1.76. The normalized spacial score (nSPS) is 13.0. The minimum atomic E-state index is -3.52. The highest BCUT2D eigenvalue weighted by molar-refractivity contribution is 7.89. The predicted molar refractivity (Wildman–Crippen MR) is 118 cm³/mol. The summed E-state index contributed by atoms with van der Waals surface area (Å²) < 4.78 is 27.9. The number of imidazole rings is 1. The lowest BCUT2D eigenvalue weighted by Gasteiger charge is -2.25. The van der Waals surface area contributed by atoms with Crippen molar-refractivity contribution in [3.05, 3.63) is 59.9 Å². The molecular weight excluding hydrogens is 400 g/mol. The average molecular weight is 429 g/mol. The fraction of sp³-hybridized carbons (Fsp3) is 0.364. The molecule has 0 aliphatic rings. The van der Waals surface area contributed by atoms with Crippen LogP contribution in [0.3, 0.4) is 0 Å². The van der Waals surface area contributed by atoms with Gasteiger partial charge in [-0.3, -0.25) is 4.79 Å². The summed E-state index contributed by atoms with van der Waals surface area (Å²) in [4.78, 5) is 19.3. The first-order valence-electron chi connectivity index (χ1n) is 9.81. The third-order valence-corrected chi connectivity index (χ3v) is 7.35. The third-order valence-electron chi connectivity index (χ3n) is 5.54. The van der Waals surface area contributed by atoms with E-state index >= 15 is 0 Å². The highest BCUT2D eigenvalue weighted by atomic mass is 32.2. The van der Waals surface area contributed by atoms with Crippen LogP contribution in [0.15, 0.2) is 53.4 Å². The Morgan fingerprint density at radius 3 is 2.40 bits per heavy atom. The van der Waals surface area contributed by atoms with Gasteiger partial charge in [-0.25, -0.2) is 17.7 Å². The Morgan fingerprint density at radius 2 is 1.77 bits per heavy atom. The van der Waals surface area contributed by atoms with E-state index in [9.17, 15) is 13.2 Å². The quantitative estimate of drug-likeness (QED) is 0.580. The van der Waals surface area contributed by atoms with Gasteiger partial charge in [-0.2, -0.15) is 0 Å². The number of carbonyl (C=O) groups is 1. The van der Waals surface area contributed by atoms with Gasteiger partial charge < -0.3 is 9.47 Å². The van der Waals surface area contributed by atoms with Crippen LogP contribution in [0.2, 0.25) is 0 Å². The van der Waals surface area contributed by atoms with Crippen molar-refractivity contribution in [2.24, 2.45) is 7.05 Å². The summed E-state index contributed by atoms with van der Waals surface area (Å²) in [6.07, 6.45) is 0.805. The third kappa shape index (κ3) is 4.24. The molecule has 1 heterocycles. The number of fused-ring (bicyclic) bond motifs is 1. The van der Waals surface area contributed by atoms with E-state index in [0.29, 0.717) is 18.4 Å². The molecule has 3 aromatic rings. The van der Waals surface area contributed by atoms with E-state index in [0.717, 1.165) is 16.9 Å². The van der Waals surface area contributed by atoms with Gasteiger partial charge in [0.25, 0.3) is 0 Å². The first-order valence-corrected chi connectivity index (χ1v) is 11.3. The average Bonchev–Trinajstić information content (AvgIpc) is 3.06. The molecule has 3 rings (SSSR count). The summed E-state index contributed by atoms with van der Waals surface area (Å²) >= 11 is 0. The molecule has 0 saturated heterocycles. The maximum absolute atomic E-state index is 12.7. The van der Waals surface area contributed by atoms with E-state index in [1.807, 2.05) is 55.9 Å². The zero-order chi connectivity index (χ0) is 22.1. The van der Waals surface area contributed by atoms with Gasteiger partial charge in [0.15, 0.2) is 0 Å². The van der Waals surface area contributed by atoms with Crippen molar-refractivity contribution in [3.63, 3.8) is 0 Å². The van der Waals surface area contributed by atoms with Gasteiger partial charge in [-0.05, 0) is 30.7 Å². The maximum atomic E-state index is 12.7. The number of rotatable bonds is 7. The van der Waals surface area contributed by atoms with E-state index < -0.39 is 10.0 Å². The van der Waals surface area contributed by atoms with Crippen LogP contribution in [0.1, 0.15) is 30.8 Å². The van der Waals surface area contributed by atoms with Crippen LogP contribution in [0.4, 0.5) is 0 Å². The Bertz CT molecular complexity index is 1150. The summed E-state index contributed by atoms with van der Waals surface area (Å²) in [5.74, 6) is 0.785. The summed E-state index contributed by atoms with van der Waals surface area (Å²) in [6.45, 7) is 2.01. The molecule has 0 N–H and O–H groups in total. The fourth-order valence-electron chi connectivity index (χ4n) is 3.39. The number of aromatic nitrogens is 2. The molecule has 0 fully saturated rings. The van der Waals surface area contributed by atoms with Crippen LogP contribution in [0, 0.1) is 0 Å². The molecule has 2 aromatic carbocycles. The Labute approximate surface area is 178 Å². The minimum Gasteiger partial charge on any atom is -0.339 e. The fourth-order valence-corrected chi connectivity index (χ4v) is 4.31. The molecule has 0 saturated carbocycles. The second-order valence-electron chi connectivity index (χ2n) is 7.62. The molecule has 1 unspecified atom stereocenters. The number of sulfonamides is 1. The van der Waals surface area contributed by atoms with E-state index in [2.05, 4.69) is 4.98 Å². The SMILES string of the molecule is CC(c1ccccc1)N(C)C(=O)CCc1nc2cc(S(=O)(=O)N(C)C)ccc2n1C. The number of nitrogens with zero attached hydrogens (tertiary/aromatic N) is 4. The van der Waals surface area contributed by atoms with Gasteiger partial charge in [0.1, 0.15) is 5.82 Å². The molecule has 160 valence electrons. The van der Waals surface area contributed by atoms with Crippen molar-refractivity contribution < 1.29 is 13.2 Å². The zero-order valence-corrected chi connectivity index (χ0v) is 18.8. The van der Waals surface area contributed by atoms with Gasteiger partial charge in [0.2, 0.25) is 15.9 Å². The number of benzene rings is 2. The molecule has 0 aliphatic heterocycles. The molecule has 7 nitrogen and oxygen atoms in total. The van der Waals surface area contributed by atoms with Crippen molar-refractivity contribution in [3.8, 4) is 0 Å². The van der Waals surface area contributed by atoms with Crippen LogP contribution in [0.25, 0.3) is 11.0 Å². The number of carbonyl (C=O) groups excluding carboxylic acids is 1. The van der Waals surface area contributed by atoms with Gasteiger partial charge >= 0.3 is 0 Å². The molecule has 1 aromatic heterocycles. The van der Waals surface area contributed by atoms with Gasteiger partial charge in [-0.1, -0.05) is 30.3 Å². The van der Waals surface area contributed by atoms with Crippen LogP contribution < -0.4 is 0 Å². The summed E-state index contributed by atoms with van der Waals surface area (Å²) in [6, 6.07) is 14.8. The molecule has 0 aliphatic carbocycles. The Kier molecular flexibility index (Phi) is 6.28. The van der Waals surface area contributed by atoms with E-state index in [4.69, 9.17) is 0 Å². The topological polar surface area (TPSA) is 75.5 Å². The lowest BCUT2D eigenvalue weighted by Crippen LogP contribution is -2.30. The summed E-state index contributed by atoms with van der Waals surface area (Å²) in [5.41, 5.74) is 2.53. The van der Waals surface area contributed by atoms with Crippen LogP contribution >= 0.6 is 0 Å². The molecule has 8 heteroatoms. The number of hydrogen-bond donors (Lipinski definition) is 0. The second-order valence-corrected chi connectivity index (χ2v) is 9.77. The number of hydrogen-bond acceptors (Lipinski definition) is 4. The monoisotopic (exact) mass is 428 g/mol. The standard InChI is InChI=1S/C22H28N4O3S/c1-16(17-9-7-6-8-10-17)25(4)22(27)14-13-21-23-19-15-18(30(28,29)24(2)3)11-12-20(19)26(21)5/h6-12,15-16H,13-14H2,1-5H3. The maximum Gasteiger partial charge on any atom is 0.242 e. The minimum absolute atomic E-state index is 0.0158. The van der Waals surface area contributed by atoms with Crippen molar-refractivity contribution >= 4 is 27.0 Å². The highest BCUT2D eigenvalue weighted by Gasteiger charge is 2.20.